The number of hydrogen-bond acceptors (Lipinski definition) is 4. The number of guanidine groups is 1. The van der Waals surface area contributed by atoms with Crippen LogP contribution in [0.1, 0.15) is 11.1 Å². The molecule has 0 aliphatic rings. The van der Waals surface area contributed by atoms with Gasteiger partial charge >= 0.3 is 6.18 Å². The minimum atomic E-state index is -4.40. The smallest absolute Gasteiger partial charge is 0.416 e. The molecule has 0 heterocycles. The average molecular weight is 411 g/mol. The summed E-state index contributed by atoms with van der Waals surface area (Å²) in [6.45, 7) is 1.04. The molecule has 0 amide bonds. The van der Waals surface area contributed by atoms with Crippen molar-refractivity contribution >= 4 is 5.96 Å². The predicted octanol–water partition coefficient (Wildman–Crippen LogP) is 3.47. The Kier molecular flexibility index (Phi) is 7.99. The zero-order valence-electron chi connectivity index (χ0n) is 16.5. The summed E-state index contributed by atoms with van der Waals surface area (Å²) in [5, 5.41) is 6.18. The van der Waals surface area contributed by atoms with Crippen LogP contribution < -0.4 is 24.8 Å². The third-order valence-corrected chi connectivity index (χ3v) is 3.96. The van der Waals surface area contributed by atoms with E-state index >= 15 is 0 Å². The van der Waals surface area contributed by atoms with Crippen molar-refractivity contribution in [3.05, 3.63) is 53.6 Å². The number of halogens is 3. The van der Waals surface area contributed by atoms with Crippen LogP contribution in [0.25, 0.3) is 0 Å². The van der Waals surface area contributed by atoms with Crippen molar-refractivity contribution in [3.63, 3.8) is 0 Å². The van der Waals surface area contributed by atoms with E-state index < -0.39 is 11.7 Å². The summed E-state index contributed by atoms with van der Waals surface area (Å²) < 4.78 is 54.0. The van der Waals surface area contributed by atoms with Crippen LogP contribution in [0.3, 0.4) is 0 Å². The highest BCUT2D eigenvalue weighted by molar-refractivity contribution is 5.79. The monoisotopic (exact) mass is 411 g/mol. The fraction of sp³-hybridized carbons (Fsp3) is 0.350. The lowest BCUT2D eigenvalue weighted by molar-refractivity contribution is -0.137. The lowest BCUT2D eigenvalue weighted by Gasteiger charge is -2.14. The molecular weight excluding hydrogens is 387 g/mol. The quantitative estimate of drug-likeness (QED) is 0.396. The van der Waals surface area contributed by atoms with Gasteiger partial charge in [-0.15, -0.1) is 0 Å². The van der Waals surface area contributed by atoms with Crippen LogP contribution in [0, 0.1) is 0 Å². The van der Waals surface area contributed by atoms with Crippen molar-refractivity contribution in [2.24, 2.45) is 4.99 Å². The van der Waals surface area contributed by atoms with Crippen molar-refractivity contribution in [1.29, 1.82) is 0 Å². The Bertz CT molecular complexity index is 826. The molecule has 158 valence electrons. The molecule has 0 spiro atoms. The SMILES string of the molecule is CN=C(NCCOc1cccc(C(F)(F)F)c1)NCc1ccc(OC)c(OC)c1. The van der Waals surface area contributed by atoms with E-state index in [0.717, 1.165) is 17.7 Å². The van der Waals surface area contributed by atoms with Gasteiger partial charge in [0.05, 0.1) is 26.3 Å². The molecular formula is C20H24F3N3O3. The molecule has 0 aliphatic heterocycles. The van der Waals surface area contributed by atoms with Gasteiger partial charge < -0.3 is 24.8 Å². The highest BCUT2D eigenvalue weighted by Crippen LogP contribution is 2.31. The second kappa shape index (κ2) is 10.4. The summed E-state index contributed by atoms with van der Waals surface area (Å²) in [5.41, 5.74) is 0.223. The van der Waals surface area contributed by atoms with Gasteiger partial charge in [-0.1, -0.05) is 12.1 Å². The second-order valence-corrected chi connectivity index (χ2v) is 5.92. The first kappa shape index (κ1) is 22.2. The van der Waals surface area contributed by atoms with Crippen LogP contribution in [0.2, 0.25) is 0 Å². The highest BCUT2D eigenvalue weighted by atomic mass is 19.4. The largest absolute Gasteiger partial charge is 0.493 e. The molecule has 29 heavy (non-hydrogen) atoms. The van der Waals surface area contributed by atoms with Gasteiger partial charge in [0, 0.05) is 13.6 Å². The van der Waals surface area contributed by atoms with Gasteiger partial charge in [0.1, 0.15) is 12.4 Å². The second-order valence-electron chi connectivity index (χ2n) is 5.92. The Hall–Kier alpha value is -3.10. The molecule has 0 aromatic heterocycles. The number of ether oxygens (including phenoxy) is 3. The number of methoxy groups -OCH3 is 2. The Balaban J connectivity index is 1.80. The standard InChI is InChI=1S/C20H24F3N3O3/c1-24-19(26-13-14-7-8-17(27-2)18(11-14)28-3)25-9-10-29-16-6-4-5-15(12-16)20(21,22)23/h4-8,11-12H,9-10,13H2,1-3H3,(H2,24,25,26). The molecule has 2 rings (SSSR count). The summed E-state index contributed by atoms with van der Waals surface area (Å²) in [4.78, 5) is 4.10. The lowest BCUT2D eigenvalue weighted by atomic mass is 10.2. The van der Waals surface area contributed by atoms with E-state index in [1.807, 2.05) is 18.2 Å². The number of rotatable bonds is 8. The minimum Gasteiger partial charge on any atom is -0.493 e. The van der Waals surface area contributed by atoms with E-state index in [9.17, 15) is 13.2 Å². The van der Waals surface area contributed by atoms with Crippen LogP contribution in [-0.4, -0.2) is 40.4 Å². The first-order valence-corrected chi connectivity index (χ1v) is 8.83. The summed E-state index contributed by atoms with van der Waals surface area (Å²) >= 11 is 0. The van der Waals surface area contributed by atoms with Crippen molar-refractivity contribution in [2.45, 2.75) is 12.7 Å². The van der Waals surface area contributed by atoms with E-state index in [2.05, 4.69) is 15.6 Å². The maximum absolute atomic E-state index is 12.7. The molecule has 0 aliphatic carbocycles. The Morgan fingerprint density at radius 3 is 2.41 bits per heavy atom. The number of hydrogen-bond donors (Lipinski definition) is 2. The first-order valence-electron chi connectivity index (χ1n) is 8.83. The molecule has 2 aromatic rings. The molecule has 0 saturated carbocycles. The van der Waals surface area contributed by atoms with Gasteiger partial charge in [-0.2, -0.15) is 13.2 Å². The third kappa shape index (κ3) is 6.78. The summed E-state index contributed by atoms with van der Waals surface area (Å²) in [7, 11) is 4.76. The number of aliphatic imine (C=N–C) groups is 1. The van der Waals surface area contributed by atoms with Gasteiger partial charge in [0.25, 0.3) is 0 Å². The van der Waals surface area contributed by atoms with Gasteiger partial charge in [-0.3, -0.25) is 4.99 Å². The molecule has 0 fully saturated rings. The summed E-state index contributed by atoms with van der Waals surface area (Å²) in [5.74, 6) is 1.97. The molecule has 6 nitrogen and oxygen atoms in total. The van der Waals surface area contributed by atoms with Gasteiger partial charge in [-0.25, -0.2) is 0 Å². The van der Waals surface area contributed by atoms with Gasteiger partial charge in [0.15, 0.2) is 17.5 Å². The lowest BCUT2D eigenvalue weighted by Crippen LogP contribution is -2.38. The van der Waals surface area contributed by atoms with Crippen LogP contribution in [-0.2, 0) is 12.7 Å². The Labute approximate surface area is 167 Å². The van der Waals surface area contributed by atoms with Crippen LogP contribution >= 0.6 is 0 Å². The summed E-state index contributed by atoms with van der Waals surface area (Å²) in [6.07, 6.45) is -4.40. The zero-order valence-corrected chi connectivity index (χ0v) is 16.5. The number of alkyl halides is 3. The van der Waals surface area contributed by atoms with Crippen molar-refractivity contribution < 1.29 is 27.4 Å². The zero-order chi connectivity index (χ0) is 21.3. The van der Waals surface area contributed by atoms with Crippen molar-refractivity contribution in [1.82, 2.24) is 10.6 Å². The first-order chi connectivity index (χ1) is 13.9. The highest BCUT2D eigenvalue weighted by Gasteiger charge is 2.30. The number of benzene rings is 2. The fourth-order valence-corrected chi connectivity index (χ4v) is 2.50. The molecule has 9 heteroatoms. The average Bonchev–Trinajstić information content (AvgIpc) is 2.72. The van der Waals surface area contributed by atoms with Gasteiger partial charge in [-0.05, 0) is 35.9 Å². The minimum absolute atomic E-state index is 0.162. The molecule has 2 aromatic carbocycles. The Morgan fingerprint density at radius 2 is 1.76 bits per heavy atom. The molecule has 0 unspecified atom stereocenters. The van der Waals surface area contributed by atoms with E-state index in [-0.39, 0.29) is 12.4 Å². The van der Waals surface area contributed by atoms with Crippen LogP contribution in [0.4, 0.5) is 13.2 Å². The van der Waals surface area contributed by atoms with E-state index in [1.54, 1.807) is 21.3 Å². The maximum Gasteiger partial charge on any atom is 0.416 e. The molecule has 2 N–H and O–H groups in total. The molecule has 0 bridgehead atoms. The van der Waals surface area contributed by atoms with Gasteiger partial charge in [0.2, 0.25) is 0 Å². The molecule has 0 atom stereocenters. The number of nitrogens with zero attached hydrogens (tertiary/aromatic N) is 1. The predicted molar refractivity (Wildman–Crippen MR) is 105 cm³/mol. The molecule has 0 saturated heterocycles. The number of nitrogens with one attached hydrogen (secondary N) is 2. The Morgan fingerprint density at radius 1 is 1.00 bits per heavy atom. The fourth-order valence-electron chi connectivity index (χ4n) is 2.50. The third-order valence-electron chi connectivity index (χ3n) is 3.96. The topological polar surface area (TPSA) is 64.1 Å². The normalized spacial score (nSPS) is 11.7. The van der Waals surface area contributed by atoms with Crippen molar-refractivity contribution in [2.75, 3.05) is 34.4 Å². The van der Waals surface area contributed by atoms with E-state index in [4.69, 9.17) is 14.2 Å². The maximum atomic E-state index is 12.7. The van der Waals surface area contributed by atoms with Crippen LogP contribution in [0.5, 0.6) is 17.2 Å². The van der Waals surface area contributed by atoms with E-state index in [0.29, 0.717) is 30.5 Å². The molecule has 0 radical (unpaired) electrons. The van der Waals surface area contributed by atoms with E-state index in [1.165, 1.54) is 12.1 Å². The van der Waals surface area contributed by atoms with Crippen molar-refractivity contribution in [3.8, 4) is 17.2 Å². The summed E-state index contributed by atoms with van der Waals surface area (Å²) in [6, 6.07) is 10.4. The van der Waals surface area contributed by atoms with Crippen LogP contribution in [0.15, 0.2) is 47.5 Å².